The average molecular weight is 303 g/mol. The number of aryl methyl sites for hydroxylation is 1. The molecule has 0 spiro atoms. The summed E-state index contributed by atoms with van der Waals surface area (Å²) in [5.74, 6) is -0.0842. The zero-order chi connectivity index (χ0) is 14.8. The highest BCUT2D eigenvalue weighted by Crippen LogP contribution is 2.31. The van der Waals surface area contributed by atoms with Crippen LogP contribution in [0.15, 0.2) is 24.3 Å². The Hall–Kier alpha value is -1.88. The molecule has 3 rings (SSSR count). The SMILES string of the molecule is COc1ccc(Cc2nc3c(s2)CC(C(=O)O)CC3)cc1. The van der Waals surface area contributed by atoms with Gasteiger partial charge in [0.2, 0.25) is 0 Å². The third kappa shape index (κ3) is 3.08. The minimum atomic E-state index is -0.689. The van der Waals surface area contributed by atoms with Crippen LogP contribution in [-0.2, 0) is 24.1 Å². The molecule has 110 valence electrons. The first kappa shape index (κ1) is 14.1. The van der Waals surface area contributed by atoms with Crippen molar-refractivity contribution in [3.63, 3.8) is 0 Å². The summed E-state index contributed by atoms with van der Waals surface area (Å²) in [5, 5.41) is 10.2. The molecule has 21 heavy (non-hydrogen) atoms. The van der Waals surface area contributed by atoms with Gasteiger partial charge in [-0.25, -0.2) is 4.98 Å². The van der Waals surface area contributed by atoms with E-state index in [9.17, 15) is 4.79 Å². The van der Waals surface area contributed by atoms with Gasteiger partial charge in [0.05, 0.1) is 23.7 Å². The van der Waals surface area contributed by atoms with Crippen LogP contribution in [-0.4, -0.2) is 23.2 Å². The Kier molecular flexibility index (Phi) is 3.92. The van der Waals surface area contributed by atoms with Gasteiger partial charge in [0.15, 0.2) is 0 Å². The summed E-state index contributed by atoms with van der Waals surface area (Å²) in [6.45, 7) is 0. The summed E-state index contributed by atoms with van der Waals surface area (Å²) in [5.41, 5.74) is 2.29. The Morgan fingerprint density at radius 2 is 2.19 bits per heavy atom. The minimum Gasteiger partial charge on any atom is -0.497 e. The first-order valence-corrected chi connectivity index (χ1v) is 7.80. The van der Waals surface area contributed by atoms with E-state index in [1.165, 1.54) is 5.56 Å². The van der Waals surface area contributed by atoms with Crippen LogP contribution in [0.5, 0.6) is 5.75 Å². The highest BCUT2D eigenvalue weighted by molar-refractivity contribution is 7.11. The van der Waals surface area contributed by atoms with Crippen LogP contribution in [0.1, 0.15) is 27.6 Å². The standard InChI is InChI=1S/C16H17NO3S/c1-20-12-5-2-10(3-6-12)8-15-17-13-7-4-11(16(18)19)9-14(13)21-15/h2-3,5-6,11H,4,7-9H2,1H3,(H,18,19). The Bertz CT molecular complexity index is 648. The van der Waals surface area contributed by atoms with Gasteiger partial charge in [-0.3, -0.25) is 4.79 Å². The average Bonchev–Trinajstić information content (AvgIpc) is 2.89. The Morgan fingerprint density at radius 3 is 2.86 bits per heavy atom. The topological polar surface area (TPSA) is 59.4 Å². The highest BCUT2D eigenvalue weighted by atomic mass is 32.1. The Balaban J connectivity index is 1.74. The minimum absolute atomic E-state index is 0.244. The molecule has 0 bridgehead atoms. The molecule has 1 atom stereocenters. The maximum atomic E-state index is 11.1. The van der Waals surface area contributed by atoms with Crippen molar-refractivity contribution in [2.75, 3.05) is 7.11 Å². The summed E-state index contributed by atoms with van der Waals surface area (Å²) >= 11 is 1.66. The zero-order valence-electron chi connectivity index (χ0n) is 11.8. The number of thiazole rings is 1. The smallest absolute Gasteiger partial charge is 0.306 e. The van der Waals surface area contributed by atoms with Crippen LogP contribution in [0.2, 0.25) is 0 Å². The van der Waals surface area contributed by atoms with Crippen molar-refractivity contribution in [2.24, 2.45) is 5.92 Å². The third-order valence-electron chi connectivity index (χ3n) is 3.85. The van der Waals surface area contributed by atoms with Crippen molar-refractivity contribution < 1.29 is 14.6 Å². The molecule has 1 N–H and O–H groups in total. The number of rotatable bonds is 4. The fourth-order valence-corrected chi connectivity index (χ4v) is 3.86. The summed E-state index contributed by atoms with van der Waals surface area (Å²) < 4.78 is 5.15. The molecule has 0 fully saturated rings. The number of methoxy groups -OCH3 is 1. The molecular weight excluding hydrogens is 286 g/mol. The number of aliphatic carboxylic acids is 1. The lowest BCUT2D eigenvalue weighted by atomic mass is 9.91. The van der Waals surface area contributed by atoms with Crippen molar-refractivity contribution >= 4 is 17.3 Å². The van der Waals surface area contributed by atoms with Gasteiger partial charge < -0.3 is 9.84 Å². The number of aromatic nitrogens is 1. The van der Waals surface area contributed by atoms with Gasteiger partial charge in [-0.1, -0.05) is 12.1 Å². The van der Waals surface area contributed by atoms with Crippen LogP contribution in [0.4, 0.5) is 0 Å². The van der Waals surface area contributed by atoms with Crippen molar-refractivity contribution in [1.29, 1.82) is 0 Å². The fourth-order valence-electron chi connectivity index (χ4n) is 2.63. The molecule has 4 nitrogen and oxygen atoms in total. The van der Waals surface area contributed by atoms with Gasteiger partial charge in [0.25, 0.3) is 0 Å². The largest absolute Gasteiger partial charge is 0.497 e. The molecule has 0 radical (unpaired) electrons. The normalized spacial score (nSPS) is 17.3. The molecular formula is C16H17NO3S. The first-order valence-electron chi connectivity index (χ1n) is 6.99. The number of ether oxygens (including phenoxy) is 1. The van der Waals surface area contributed by atoms with Crippen LogP contribution in [0.3, 0.4) is 0 Å². The van der Waals surface area contributed by atoms with E-state index in [0.717, 1.165) is 34.2 Å². The van der Waals surface area contributed by atoms with Crippen molar-refractivity contribution in [1.82, 2.24) is 4.98 Å². The van der Waals surface area contributed by atoms with E-state index in [-0.39, 0.29) is 5.92 Å². The van der Waals surface area contributed by atoms with Gasteiger partial charge >= 0.3 is 5.97 Å². The van der Waals surface area contributed by atoms with Crippen LogP contribution >= 0.6 is 11.3 Å². The molecule has 0 saturated carbocycles. The van der Waals surface area contributed by atoms with Crippen molar-refractivity contribution in [3.8, 4) is 5.75 Å². The molecule has 1 heterocycles. The predicted octanol–water partition coefficient (Wildman–Crippen LogP) is 2.93. The van der Waals surface area contributed by atoms with E-state index < -0.39 is 5.97 Å². The quantitative estimate of drug-likeness (QED) is 0.943. The molecule has 1 aromatic heterocycles. The lowest BCUT2D eigenvalue weighted by molar-refractivity contribution is -0.142. The molecule has 0 aliphatic heterocycles. The molecule has 0 amide bonds. The maximum Gasteiger partial charge on any atom is 0.306 e. The number of hydrogen-bond acceptors (Lipinski definition) is 4. The van der Waals surface area contributed by atoms with E-state index in [2.05, 4.69) is 4.98 Å². The second kappa shape index (κ2) is 5.85. The van der Waals surface area contributed by atoms with E-state index >= 15 is 0 Å². The summed E-state index contributed by atoms with van der Waals surface area (Å²) in [6.07, 6.45) is 2.91. The van der Waals surface area contributed by atoms with Gasteiger partial charge in [0.1, 0.15) is 5.75 Å². The van der Waals surface area contributed by atoms with Crippen molar-refractivity contribution in [3.05, 3.63) is 45.4 Å². The summed E-state index contributed by atoms with van der Waals surface area (Å²) in [6, 6.07) is 7.98. The number of nitrogens with zero attached hydrogens (tertiary/aromatic N) is 1. The molecule has 0 saturated heterocycles. The Labute approximate surface area is 127 Å². The highest BCUT2D eigenvalue weighted by Gasteiger charge is 2.27. The Morgan fingerprint density at radius 1 is 1.43 bits per heavy atom. The van der Waals surface area contributed by atoms with Gasteiger partial charge in [-0.05, 0) is 37.0 Å². The van der Waals surface area contributed by atoms with Crippen LogP contribution in [0, 0.1) is 5.92 Å². The van der Waals surface area contributed by atoms with Crippen LogP contribution < -0.4 is 4.74 Å². The monoisotopic (exact) mass is 303 g/mol. The fraction of sp³-hybridized carbons (Fsp3) is 0.375. The van der Waals surface area contributed by atoms with E-state index in [0.29, 0.717) is 12.8 Å². The number of fused-ring (bicyclic) bond motifs is 1. The summed E-state index contributed by atoms with van der Waals surface area (Å²) in [4.78, 5) is 16.9. The van der Waals surface area contributed by atoms with E-state index in [1.54, 1.807) is 18.4 Å². The second-order valence-electron chi connectivity index (χ2n) is 5.28. The number of hydrogen-bond donors (Lipinski definition) is 1. The van der Waals surface area contributed by atoms with Gasteiger partial charge in [-0.15, -0.1) is 11.3 Å². The lowest BCUT2D eigenvalue weighted by Crippen LogP contribution is -2.21. The molecule has 2 aromatic rings. The molecule has 1 aliphatic carbocycles. The summed E-state index contributed by atoms with van der Waals surface area (Å²) in [7, 11) is 1.66. The lowest BCUT2D eigenvalue weighted by Gasteiger charge is -2.16. The molecule has 1 unspecified atom stereocenters. The first-order chi connectivity index (χ1) is 10.2. The molecule has 5 heteroatoms. The van der Waals surface area contributed by atoms with Gasteiger partial charge in [0, 0.05) is 11.3 Å². The molecule has 1 aromatic carbocycles. The number of carboxylic acid groups (broad SMARTS) is 1. The number of benzene rings is 1. The van der Waals surface area contributed by atoms with E-state index in [1.807, 2.05) is 24.3 Å². The van der Waals surface area contributed by atoms with Crippen molar-refractivity contribution in [2.45, 2.75) is 25.7 Å². The number of carbonyl (C=O) groups is 1. The predicted molar refractivity (Wildman–Crippen MR) is 81.1 cm³/mol. The molecule has 1 aliphatic rings. The van der Waals surface area contributed by atoms with Gasteiger partial charge in [-0.2, -0.15) is 0 Å². The van der Waals surface area contributed by atoms with Crippen LogP contribution in [0.25, 0.3) is 0 Å². The number of carboxylic acids is 1. The second-order valence-corrected chi connectivity index (χ2v) is 6.45. The van der Waals surface area contributed by atoms with E-state index in [4.69, 9.17) is 9.84 Å². The zero-order valence-corrected chi connectivity index (χ0v) is 12.7. The maximum absolute atomic E-state index is 11.1. The third-order valence-corrected chi connectivity index (χ3v) is 4.97.